The van der Waals surface area contributed by atoms with Crippen LogP contribution < -0.4 is 5.73 Å². The summed E-state index contributed by atoms with van der Waals surface area (Å²) in [5.74, 6) is 0. The lowest BCUT2D eigenvalue weighted by Gasteiger charge is -2.39. The largest absolute Gasteiger partial charge is 0.411 e. The summed E-state index contributed by atoms with van der Waals surface area (Å²) >= 11 is 0. The van der Waals surface area contributed by atoms with Crippen LogP contribution in [0.15, 0.2) is 0 Å². The summed E-state index contributed by atoms with van der Waals surface area (Å²) in [6, 6.07) is 0. The lowest BCUT2D eigenvalue weighted by atomic mass is 9.96. The van der Waals surface area contributed by atoms with Gasteiger partial charge in [-0.15, -0.1) is 0 Å². The summed E-state index contributed by atoms with van der Waals surface area (Å²) in [5.41, 5.74) is 5.68. The molecule has 0 aromatic heterocycles. The van der Waals surface area contributed by atoms with Gasteiger partial charge < -0.3 is 10.5 Å². The molecule has 0 amide bonds. The van der Waals surface area contributed by atoms with Crippen molar-refractivity contribution in [3.8, 4) is 0 Å². The highest BCUT2D eigenvalue weighted by molar-refractivity contribution is 4.85. The first kappa shape index (κ1) is 17.7. The van der Waals surface area contributed by atoms with Crippen molar-refractivity contribution >= 4 is 0 Å². The minimum absolute atomic E-state index is 0.0845. The summed E-state index contributed by atoms with van der Waals surface area (Å²) in [4.78, 5) is 2.20. The predicted octanol–water partition coefficient (Wildman–Crippen LogP) is 2.40. The molecule has 2 N–H and O–H groups in total. The predicted molar refractivity (Wildman–Crippen MR) is 66.5 cm³/mol. The number of alkyl halides is 3. The van der Waals surface area contributed by atoms with E-state index in [2.05, 4.69) is 23.5 Å². The molecule has 0 heterocycles. The third kappa shape index (κ3) is 6.56. The molecule has 0 radical (unpaired) electrons. The standard InChI is InChI=1S/C12H25F3N2O/c1-4-11(3,9-16)17(5-2)7-6-8-18-10-12(13,14)15/h4-10,16H2,1-3H3. The Morgan fingerprint density at radius 2 is 1.83 bits per heavy atom. The van der Waals surface area contributed by atoms with Gasteiger partial charge in [0.15, 0.2) is 0 Å². The van der Waals surface area contributed by atoms with Crippen LogP contribution in [0.5, 0.6) is 0 Å². The molecule has 0 bridgehead atoms. The maximum absolute atomic E-state index is 11.9. The van der Waals surface area contributed by atoms with Gasteiger partial charge in [-0.1, -0.05) is 13.8 Å². The molecule has 1 unspecified atom stereocenters. The van der Waals surface area contributed by atoms with Gasteiger partial charge in [0, 0.05) is 25.2 Å². The Balaban J connectivity index is 3.95. The molecular formula is C12H25F3N2O. The van der Waals surface area contributed by atoms with Gasteiger partial charge in [-0.3, -0.25) is 4.90 Å². The first-order valence-electron chi connectivity index (χ1n) is 6.38. The van der Waals surface area contributed by atoms with E-state index in [-0.39, 0.29) is 12.1 Å². The normalized spacial score (nSPS) is 16.0. The van der Waals surface area contributed by atoms with Crippen LogP contribution in [0.3, 0.4) is 0 Å². The van der Waals surface area contributed by atoms with E-state index >= 15 is 0 Å². The molecule has 0 fully saturated rings. The van der Waals surface area contributed by atoms with Crippen molar-refractivity contribution in [1.29, 1.82) is 0 Å². The molecule has 0 rings (SSSR count). The van der Waals surface area contributed by atoms with Gasteiger partial charge in [-0.2, -0.15) is 13.2 Å². The molecule has 6 heteroatoms. The summed E-state index contributed by atoms with van der Waals surface area (Å²) < 4.78 is 40.2. The first-order chi connectivity index (χ1) is 8.29. The summed E-state index contributed by atoms with van der Waals surface area (Å²) in [5, 5.41) is 0. The van der Waals surface area contributed by atoms with Crippen LogP contribution >= 0.6 is 0 Å². The molecule has 0 aliphatic rings. The lowest BCUT2D eigenvalue weighted by molar-refractivity contribution is -0.174. The number of hydrogen-bond donors (Lipinski definition) is 1. The Morgan fingerprint density at radius 1 is 1.22 bits per heavy atom. The third-order valence-electron chi connectivity index (χ3n) is 3.33. The lowest BCUT2D eigenvalue weighted by Crippen LogP contribution is -2.51. The van der Waals surface area contributed by atoms with Crippen LogP contribution in [0.1, 0.15) is 33.6 Å². The van der Waals surface area contributed by atoms with E-state index in [0.717, 1.165) is 13.0 Å². The Morgan fingerprint density at radius 3 is 2.22 bits per heavy atom. The van der Waals surface area contributed by atoms with Gasteiger partial charge in [-0.05, 0) is 26.3 Å². The van der Waals surface area contributed by atoms with Crippen molar-refractivity contribution in [3.05, 3.63) is 0 Å². The molecule has 1 atom stereocenters. The highest BCUT2D eigenvalue weighted by atomic mass is 19.4. The fourth-order valence-electron chi connectivity index (χ4n) is 1.85. The number of likely N-dealkylation sites (N-methyl/N-ethyl adjacent to an activating group) is 1. The quantitative estimate of drug-likeness (QED) is 0.654. The highest BCUT2D eigenvalue weighted by Gasteiger charge is 2.28. The monoisotopic (exact) mass is 270 g/mol. The molecule has 0 saturated carbocycles. The van der Waals surface area contributed by atoms with Gasteiger partial charge in [0.05, 0.1) is 0 Å². The molecular weight excluding hydrogens is 245 g/mol. The molecule has 0 aliphatic heterocycles. The summed E-state index contributed by atoms with van der Waals surface area (Å²) in [7, 11) is 0. The van der Waals surface area contributed by atoms with Gasteiger partial charge in [0.1, 0.15) is 6.61 Å². The molecule has 0 saturated heterocycles. The van der Waals surface area contributed by atoms with E-state index in [4.69, 9.17) is 5.73 Å². The van der Waals surface area contributed by atoms with Gasteiger partial charge in [-0.25, -0.2) is 0 Å². The number of ether oxygens (including phenoxy) is 1. The van der Waals surface area contributed by atoms with Crippen LogP contribution in [-0.4, -0.2) is 49.5 Å². The zero-order valence-corrected chi connectivity index (χ0v) is 11.5. The van der Waals surface area contributed by atoms with Crippen LogP contribution in [0.25, 0.3) is 0 Å². The van der Waals surface area contributed by atoms with Crippen LogP contribution in [0.4, 0.5) is 13.2 Å². The number of halogens is 3. The van der Waals surface area contributed by atoms with E-state index in [1.165, 1.54) is 0 Å². The highest BCUT2D eigenvalue weighted by Crippen LogP contribution is 2.18. The van der Waals surface area contributed by atoms with E-state index in [0.29, 0.717) is 19.5 Å². The van der Waals surface area contributed by atoms with Crippen molar-refractivity contribution in [3.63, 3.8) is 0 Å². The second-order valence-corrected chi connectivity index (χ2v) is 4.66. The van der Waals surface area contributed by atoms with Crippen molar-refractivity contribution in [2.24, 2.45) is 5.73 Å². The van der Waals surface area contributed by atoms with Gasteiger partial charge >= 0.3 is 6.18 Å². The van der Waals surface area contributed by atoms with E-state index < -0.39 is 12.8 Å². The Hall–Kier alpha value is -0.330. The fourth-order valence-corrected chi connectivity index (χ4v) is 1.85. The van der Waals surface area contributed by atoms with E-state index in [1.807, 2.05) is 6.92 Å². The van der Waals surface area contributed by atoms with Crippen molar-refractivity contribution in [2.45, 2.75) is 45.3 Å². The molecule has 110 valence electrons. The molecule has 0 aromatic rings. The SMILES string of the molecule is CCN(CCCOCC(F)(F)F)C(C)(CC)CN. The Labute approximate surface area is 107 Å². The topological polar surface area (TPSA) is 38.5 Å². The number of hydrogen-bond acceptors (Lipinski definition) is 3. The van der Waals surface area contributed by atoms with Crippen LogP contribution in [0.2, 0.25) is 0 Å². The second-order valence-electron chi connectivity index (χ2n) is 4.66. The summed E-state index contributed by atoms with van der Waals surface area (Å²) in [6.07, 6.45) is -2.74. The minimum atomic E-state index is -4.24. The molecule has 3 nitrogen and oxygen atoms in total. The smallest absolute Gasteiger partial charge is 0.372 e. The van der Waals surface area contributed by atoms with Crippen LogP contribution in [0, 0.1) is 0 Å². The number of rotatable bonds is 9. The van der Waals surface area contributed by atoms with Gasteiger partial charge in [0.25, 0.3) is 0 Å². The van der Waals surface area contributed by atoms with E-state index in [1.54, 1.807) is 0 Å². The second kappa shape index (κ2) is 7.96. The van der Waals surface area contributed by atoms with Crippen molar-refractivity contribution in [1.82, 2.24) is 4.90 Å². The zero-order valence-electron chi connectivity index (χ0n) is 11.5. The first-order valence-corrected chi connectivity index (χ1v) is 6.38. The van der Waals surface area contributed by atoms with E-state index in [9.17, 15) is 13.2 Å². The molecule has 18 heavy (non-hydrogen) atoms. The zero-order chi connectivity index (χ0) is 14.2. The number of nitrogens with two attached hydrogens (primary N) is 1. The molecule has 0 spiro atoms. The summed E-state index contributed by atoms with van der Waals surface area (Å²) in [6.45, 7) is 7.21. The van der Waals surface area contributed by atoms with Crippen molar-refractivity contribution in [2.75, 3.05) is 32.8 Å². The maximum Gasteiger partial charge on any atom is 0.411 e. The average molecular weight is 270 g/mol. The molecule has 0 aromatic carbocycles. The molecule has 0 aliphatic carbocycles. The van der Waals surface area contributed by atoms with Crippen LogP contribution in [-0.2, 0) is 4.74 Å². The fraction of sp³-hybridized carbons (Fsp3) is 1.00. The maximum atomic E-state index is 11.9. The third-order valence-corrected chi connectivity index (χ3v) is 3.33. The number of nitrogens with zero attached hydrogens (tertiary/aromatic N) is 1. The average Bonchev–Trinajstić information content (AvgIpc) is 2.31. The minimum Gasteiger partial charge on any atom is -0.372 e. The van der Waals surface area contributed by atoms with Gasteiger partial charge in [0.2, 0.25) is 0 Å². The Kier molecular flexibility index (Phi) is 7.82. The Bertz CT molecular complexity index is 218. The van der Waals surface area contributed by atoms with Crippen molar-refractivity contribution < 1.29 is 17.9 Å².